The second kappa shape index (κ2) is 8.44. The number of carbonyl (C=O) groups is 2. The molecule has 0 saturated carbocycles. The molecule has 5 nitrogen and oxygen atoms in total. The molecule has 0 radical (unpaired) electrons. The molecule has 0 spiro atoms. The molecule has 0 unspecified atom stereocenters. The lowest BCUT2D eigenvalue weighted by atomic mass is 10.00. The van der Waals surface area contributed by atoms with Crippen LogP contribution in [0.3, 0.4) is 0 Å². The molecule has 0 aliphatic carbocycles. The summed E-state index contributed by atoms with van der Waals surface area (Å²) in [6.07, 6.45) is 1.79. The third kappa shape index (κ3) is 3.98. The molecular weight excluding hydrogens is 417 g/mol. The van der Waals surface area contributed by atoms with Crippen molar-refractivity contribution in [3.63, 3.8) is 0 Å². The maximum atomic E-state index is 13.6. The molecule has 0 aromatic heterocycles. The number of hydrogen-bond donors (Lipinski definition) is 0. The van der Waals surface area contributed by atoms with Crippen molar-refractivity contribution in [1.82, 2.24) is 9.80 Å². The van der Waals surface area contributed by atoms with Crippen LogP contribution in [0.25, 0.3) is 5.57 Å². The molecule has 1 fully saturated rings. The molecule has 2 heterocycles. The van der Waals surface area contributed by atoms with Crippen LogP contribution in [-0.2, 0) is 9.59 Å². The van der Waals surface area contributed by atoms with Crippen LogP contribution >= 0.6 is 11.6 Å². The van der Waals surface area contributed by atoms with E-state index in [-0.39, 0.29) is 11.9 Å². The van der Waals surface area contributed by atoms with Crippen LogP contribution in [0.5, 0.6) is 0 Å². The highest BCUT2D eigenvalue weighted by molar-refractivity contribution is 6.45. The molecule has 2 aromatic carbocycles. The summed E-state index contributed by atoms with van der Waals surface area (Å²) in [6.45, 7) is 3.67. The van der Waals surface area contributed by atoms with Crippen molar-refractivity contribution < 1.29 is 14.0 Å². The number of carbonyl (C=O) groups excluding carboxylic acids is 2. The van der Waals surface area contributed by atoms with Crippen LogP contribution in [0.15, 0.2) is 48.2 Å². The van der Waals surface area contributed by atoms with Crippen molar-refractivity contribution >= 4 is 34.7 Å². The van der Waals surface area contributed by atoms with E-state index >= 15 is 0 Å². The second-order valence-electron chi connectivity index (χ2n) is 8.25. The number of likely N-dealkylation sites (tertiary alicyclic amines) is 1. The van der Waals surface area contributed by atoms with Crippen LogP contribution in [0, 0.1) is 12.7 Å². The van der Waals surface area contributed by atoms with Gasteiger partial charge in [0.1, 0.15) is 11.5 Å². The number of hydrogen-bond acceptors (Lipinski definition) is 4. The third-order valence-electron chi connectivity index (χ3n) is 6.18. The van der Waals surface area contributed by atoms with Crippen LogP contribution in [0.4, 0.5) is 10.1 Å². The van der Waals surface area contributed by atoms with Crippen molar-refractivity contribution in [3.8, 4) is 0 Å². The van der Waals surface area contributed by atoms with Crippen LogP contribution in [0.2, 0.25) is 5.02 Å². The number of piperidine rings is 1. The number of halogens is 2. The van der Waals surface area contributed by atoms with Crippen molar-refractivity contribution in [2.45, 2.75) is 25.8 Å². The van der Waals surface area contributed by atoms with E-state index in [0.717, 1.165) is 31.5 Å². The van der Waals surface area contributed by atoms with Crippen molar-refractivity contribution in [2.75, 3.05) is 32.1 Å². The van der Waals surface area contributed by atoms with Gasteiger partial charge in [-0.2, -0.15) is 0 Å². The fraction of sp³-hybridized carbons (Fsp3) is 0.333. The van der Waals surface area contributed by atoms with E-state index in [1.807, 2.05) is 18.9 Å². The van der Waals surface area contributed by atoms with Crippen molar-refractivity contribution in [2.24, 2.45) is 0 Å². The first kappa shape index (κ1) is 21.5. The van der Waals surface area contributed by atoms with Gasteiger partial charge in [-0.15, -0.1) is 0 Å². The normalized spacial score (nSPS) is 18.3. The highest BCUT2D eigenvalue weighted by Crippen LogP contribution is 2.37. The van der Waals surface area contributed by atoms with Crippen LogP contribution in [-0.4, -0.2) is 54.8 Å². The lowest BCUT2D eigenvalue weighted by Crippen LogP contribution is -2.43. The first-order valence-electron chi connectivity index (χ1n) is 10.3. The number of benzene rings is 2. The Bertz CT molecular complexity index is 1060. The van der Waals surface area contributed by atoms with Gasteiger partial charge in [0.25, 0.3) is 11.8 Å². The van der Waals surface area contributed by atoms with Gasteiger partial charge in [0.2, 0.25) is 0 Å². The Hall–Kier alpha value is -2.70. The quantitative estimate of drug-likeness (QED) is 0.670. The zero-order valence-corrected chi connectivity index (χ0v) is 18.6. The molecule has 2 aliphatic heterocycles. The van der Waals surface area contributed by atoms with E-state index in [1.54, 1.807) is 30.3 Å². The fourth-order valence-electron chi connectivity index (χ4n) is 4.38. The molecule has 4 rings (SSSR count). The minimum Gasteiger partial charge on any atom is -0.366 e. The maximum absolute atomic E-state index is 13.6. The summed E-state index contributed by atoms with van der Waals surface area (Å²) in [4.78, 5) is 32.6. The minimum atomic E-state index is -0.406. The second-order valence-corrected chi connectivity index (χ2v) is 8.69. The van der Waals surface area contributed by atoms with Gasteiger partial charge in [-0.3, -0.25) is 9.59 Å². The molecule has 2 aliphatic rings. The number of anilines is 1. The monoisotopic (exact) mass is 441 g/mol. The first-order chi connectivity index (χ1) is 14.8. The first-order valence-corrected chi connectivity index (χ1v) is 10.7. The number of amides is 2. The zero-order valence-electron chi connectivity index (χ0n) is 17.9. The summed E-state index contributed by atoms with van der Waals surface area (Å²) in [5.41, 5.74) is 2.44. The summed E-state index contributed by atoms with van der Waals surface area (Å²) in [7, 11) is 3.95. The van der Waals surface area contributed by atoms with Gasteiger partial charge in [-0.25, -0.2) is 9.29 Å². The largest absolute Gasteiger partial charge is 0.366 e. The van der Waals surface area contributed by atoms with Crippen molar-refractivity contribution in [1.29, 1.82) is 0 Å². The summed E-state index contributed by atoms with van der Waals surface area (Å²) >= 11 is 6.08. The molecule has 2 aromatic rings. The third-order valence-corrected chi connectivity index (χ3v) is 6.42. The summed E-state index contributed by atoms with van der Waals surface area (Å²) in [5, 5.41) is 0.538. The van der Waals surface area contributed by atoms with Gasteiger partial charge < -0.3 is 9.80 Å². The van der Waals surface area contributed by atoms with E-state index in [9.17, 15) is 14.0 Å². The number of aryl methyl sites for hydroxylation is 1. The van der Waals surface area contributed by atoms with Gasteiger partial charge in [0, 0.05) is 18.1 Å². The average molecular weight is 442 g/mol. The zero-order chi connectivity index (χ0) is 22.3. The molecule has 31 heavy (non-hydrogen) atoms. The predicted octanol–water partition coefficient (Wildman–Crippen LogP) is 4.10. The Labute approximate surface area is 186 Å². The molecule has 0 atom stereocenters. The van der Waals surface area contributed by atoms with E-state index in [1.165, 1.54) is 17.0 Å². The van der Waals surface area contributed by atoms with E-state index in [2.05, 4.69) is 11.9 Å². The Balaban J connectivity index is 1.80. The Morgan fingerprint density at radius 2 is 1.68 bits per heavy atom. The van der Waals surface area contributed by atoms with Crippen LogP contribution in [0.1, 0.15) is 24.0 Å². The Morgan fingerprint density at radius 3 is 2.29 bits per heavy atom. The van der Waals surface area contributed by atoms with Crippen molar-refractivity contribution in [3.05, 3.63) is 70.1 Å². The fourth-order valence-corrected chi connectivity index (χ4v) is 4.60. The Kier molecular flexibility index (Phi) is 5.86. The SMILES string of the molecule is Cc1cc(Cl)ccc1N1C(=O)C(c2ccc(F)cc2)=C(N(C)C2CCN(C)CC2)C1=O. The van der Waals surface area contributed by atoms with Gasteiger partial charge in [0.05, 0.1) is 11.3 Å². The van der Waals surface area contributed by atoms with Gasteiger partial charge in [-0.05, 0) is 81.4 Å². The highest BCUT2D eigenvalue weighted by atomic mass is 35.5. The molecule has 162 valence electrons. The Morgan fingerprint density at radius 1 is 1.03 bits per heavy atom. The van der Waals surface area contributed by atoms with Gasteiger partial charge in [0.15, 0.2) is 0 Å². The average Bonchev–Trinajstić information content (AvgIpc) is 2.99. The van der Waals surface area contributed by atoms with E-state index < -0.39 is 11.7 Å². The lowest BCUT2D eigenvalue weighted by Gasteiger charge is -2.36. The molecule has 2 amide bonds. The van der Waals surface area contributed by atoms with Crippen LogP contribution < -0.4 is 4.90 Å². The summed E-state index contributed by atoms with van der Waals surface area (Å²) in [6, 6.07) is 11.0. The lowest BCUT2D eigenvalue weighted by molar-refractivity contribution is -0.120. The highest BCUT2D eigenvalue weighted by Gasteiger charge is 2.43. The smallest absolute Gasteiger partial charge is 0.282 e. The number of imide groups is 1. The predicted molar refractivity (Wildman–Crippen MR) is 120 cm³/mol. The number of rotatable bonds is 4. The molecule has 7 heteroatoms. The molecular formula is C24H25ClFN3O2. The summed E-state index contributed by atoms with van der Waals surface area (Å²) < 4.78 is 13.6. The van der Waals surface area contributed by atoms with Gasteiger partial charge in [-0.1, -0.05) is 23.7 Å². The molecule has 0 N–H and O–H groups in total. The maximum Gasteiger partial charge on any atom is 0.282 e. The minimum absolute atomic E-state index is 0.143. The summed E-state index contributed by atoms with van der Waals surface area (Å²) in [5.74, 6) is -1.16. The van der Waals surface area contributed by atoms with Gasteiger partial charge >= 0.3 is 0 Å². The number of nitrogens with zero attached hydrogens (tertiary/aromatic N) is 3. The molecule has 0 bridgehead atoms. The van der Waals surface area contributed by atoms with E-state index in [0.29, 0.717) is 27.5 Å². The topological polar surface area (TPSA) is 43.9 Å². The molecule has 1 saturated heterocycles. The van der Waals surface area contributed by atoms with E-state index in [4.69, 9.17) is 11.6 Å². The number of likely N-dealkylation sites (N-methyl/N-ethyl adjacent to an activating group) is 1. The standard InChI is InChI=1S/C24H25ClFN3O2/c1-15-14-17(25)6-9-20(15)29-23(30)21(16-4-7-18(26)8-5-16)22(24(29)31)28(3)19-10-12-27(2)13-11-19/h4-9,14,19H,10-13H2,1-3H3.